The number of carbonyl (C=O) groups excluding carboxylic acids is 1. The average molecular weight is 275 g/mol. The molecule has 3 nitrogen and oxygen atoms in total. The normalized spacial score (nSPS) is 16.1. The summed E-state index contributed by atoms with van der Waals surface area (Å²) in [6.07, 6.45) is 5.98. The zero-order valence-electron chi connectivity index (χ0n) is 12.5. The fourth-order valence-corrected chi connectivity index (χ4v) is 2.48. The van der Waals surface area contributed by atoms with Gasteiger partial charge in [-0.25, -0.2) is 0 Å². The number of hydrogen-bond acceptors (Lipinski definition) is 2. The van der Waals surface area contributed by atoms with Crippen molar-refractivity contribution in [1.29, 1.82) is 0 Å². The second-order valence-electron chi connectivity index (χ2n) is 6.04. The molecule has 0 radical (unpaired) electrons. The van der Waals surface area contributed by atoms with Gasteiger partial charge >= 0.3 is 0 Å². The van der Waals surface area contributed by atoms with Gasteiger partial charge in [-0.1, -0.05) is 33.1 Å². The molecule has 110 valence electrons. The first-order valence-corrected chi connectivity index (χ1v) is 7.69. The molecule has 1 saturated carbocycles. The molecule has 1 aromatic rings. The molecule has 1 aliphatic carbocycles. The van der Waals surface area contributed by atoms with Crippen LogP contribution in [0.2, 0.25) is 0 Å². The lowest BCUT2D eigenvalue weighted by molar-refractivity contribution is 0.0927. The Balaban J connectivity index is 1.86. The van der Waals surface area contributed by atoms with Crippen molar-refractivity contribution in [2.45, 2.75) is 52.0 Å². The Kier molecular flexibility index (Phi) is 5.45. The highest BCUT2D eigenvalue weighted by atomic mass is 16.5. The van der Waals surface area contributed by atoms with Crippen LogP contribution in [-0.2, 0) is 0 Å². The van der Waals surface area contributed by atoms with Gasteiger partial charge in [0.05, 0.1) is 6.61 Å². The van der Waals surface area contributed by atoms with Gasteiger partial charge in [0, 0.05) is 11.6 Å². The number of nitrogens with one attached hydrogen (secondary N) is 1. The molecule has 1 fully saturated rings. The van der Waals surface area contributed by atoms with E-state index >= 15 is 0 Å². The van der Waals surface area contributed by atoms with E-state index in [4.69, 9.17) is 4.74 Å². The zero-order chi connectivity index (χ0) is 14.4. The Morgan fingerprint density at radius 2 is 1.85 bits per heavy atom. The highest BCUT2D eigenvalue weighted by Gasteiger charge is 2.16. The lowest BCUT2D eigenvalue weighted by Crippen LogP contribution is -2.36. The van der Waals surface area contributed by atoms with Gasteiger partial charge in [-0.15, -0.1) is 0 Å². The standard InChI is InChI=1S/C17H25NO2/c1-13(2)12-20-16-10-8-14(9-11-16)17(19)18-15-6-4-3-5-7-15/h8-11,13,15H,3-7,12H2,1-2H3,(H,18,19). The lowest BCUT2D eigenvalue weighted by atomic mass is 9.95. The van der Waals surface area contributed by atoms with Crippen LogP contribution >= 0.6 is 0 Å². The van der Waals surface area contributed by atoms with Gasteiger partial charge in [-0.05, 0) is 43.0 Å². The molecule has 0 spiro atoms. The summed E-state index contributed by atoms with van der Waals surface area (Å²) >= 11 is 0. The Morgan fingerprint density at radius 3 is 2.45 bits per heavy atom. The second-order valence-corrected chi connectivity index (χ2v) is 6.04. The Morgan fingerprint density at radius 1 is 1.20 bits per heavy atom. The predicted octanol–water partition coefficient (Wildman–Crippen LogP) is 3.78. The van der Waals surface area contributed by atoms with Crippen molar-refractivity contribution < 1.29 is 9.53 Å². The maximum Gasteiger partial charge on any atom is 0.251 e. The third-order valence-corrected chi connectivity index (χ3v) is 3.64. The fourth-order valence-electron chi connectivity index (χ4n) is 2.48. The van der Waals surface area contributed by atoms with Crippen molar-refractivity contribution in [2.24, 2.45) is 5.92 Å². The molecule has 0 heterocycles. The topological polar surface area (TPSA) is 38.3 Å². The number of ether oxygens (including phenoxy) is 1. The molecular weight excluding hydrogens is 250 g/mol. The van der Waals surface area contributed by atoms with Crippen molar-refractivity contribution in [1.82, 2.24) is 5.32 Å². The summed E-state index contributed by atoms with van der Waals surface area (Å²) in [5.74, 6) is 1.37. The van der Waals surface area contributed by atoms with E-state index in [9.17, 15) is 4.79 Å². The van der Waals surface area contributed by atoms with E-state index in [1.807, 2.05) is 24.3 Å². The molecule has 0 aromatic heterocycles. The molecule has 1 N–H and O–H groups in total. The van der Waals surface area contributed by atoms with Crippen molar-refractivity contribution in [3.05, 3.63) is 29.8 Å². The van der Waals surface area contributed by atoms with Crippen molar-refractivity contribution in [2.75, 3.05) is 6.61 Å². The molecule has 0 atom stereocenters. The molecule has 1 aliphatic rings. The van der Waals surface area contributed by atoms with E-state index in [1.54, 1.807) is 0 Å². The smallest absolute Gasteiger partial charge is 0.251 e. The van der Waals surface area contributed by atoms with Gasteiger partial charge in [-0.2, -0.15) is 0 Å². The highest BCUT2D eigenvalue weighted by Crippen LogP contribution is 2.18. The SMILES string of the molecule is CC(C)COc1ccc(C(=O)NC2CCCCC2)cc1. The van der Waals surface area contributed by atoms with E-state index in [2.05, 4.69) is 19.2 Å². The van der Waals surface area contributed by atoms with Crippen molar-refractivity contribution >= 4 is 5.91 Å². The molecule has 1 amide bonds. The minimum absolute atomic E-state index is 0.0345. The van der Waals surface area contributed by atoms with E-state index in [-0.39, 0.29) is 5.91 Å². The van der Waals surface area contributed by atoms with Gasteiger partial charge < -0.3 is 10.1 Å². The second kappa shape index (κ2) is 7.32. The molecular formula is C17H25NO2. The van der Waals surface area contributed by atoms with Gasteiger partial charge in [0.1, 0.15) is 5.75 Å². The Labute approximate surface area is 121 Å². The number of amides is 1. The van der Waals surface area contributed by atoms with Gasteiger partial charge in [0.2, 0.25) is 0 Å². The molecule has 2 rings (SSSR count). The number of carbonyl (C=O) groups is 1. The summed E-state index contributed by atoms with van der Waals surface area (Å²) in [5.41, 5.74) is 0.715. The van der Waals surface area contributed by atoms with Gasteiger partial charge in [-0.3, -0.25) is 4.79 Å². The molecule has 0 aliphatic heterocycles. The maximum absolute atomic E-state index is 12.1. The molecule has 0 bridgehead atoms. The monoisotopic (exact) mass is 275 g/mol. The van der Waals surface area contributed by atoms with Crippen LogP contribution in [0.1, 0.15) is 56.3 Å². The van der Waals surface area contributed by atoms with Crippen LogP contribution in [0, 0.1) is 5.92 Å². The van der Waals surface area contributed by atoms with Crippen molar-refractivity contribution in [3.63, 3.8) is 0 Å². The van der Waals surface area contributed by atoms with Crippen LogP contribution in [0.4, 0.5) is 0 Å². The summed E-state index contributed by atoms with van der Waals surface area (Å²) in [6.45, 7) is 4.94. The number of rotatable bonds is 5. The van der Waals surface area contributed by atoms with Gasteiger partial charge in [0.25, 0.3) is 5.91 Å². The van der Waals surface area contributed by atoms with Crippen LogP contribution < -0.4 is 10.1 Å². The largest absolute Gasteiger partial charge is 0.493 e. The van der Waals surface area contributed by atoms with E-state index in [0.29, 0.717) is 24.1 Å². The first kappa shape index (κ1) is 14.9. The van der Waals surface area contributed by atoms with Crippen molar-refractivity contribution in [3.8, 4) is 5.75 Å². The minimum Gasteiger partial charge on any atom is -0.493 e. The minimum atomic E-state index is 0.0345. The van der Waals surface area contributed by atoms with Gasteiger partial charge in [0.15, 0.2) is 0 Å². The maximum atomic E-state index is 12.1. The zero-order valence-corrected chi connectivity index (χ0v) is 12.5. The molecule has 20 heavy (non-hydrogen) atoms. The Hall–Kier alpha value is -1.51. The van der Waals surface area contributed by atoms with E-state index in [1.165, 1.54) is 19.3 Å². The van der Waals surface area contributed by atoms with Crippen LogP contribution in [0.15, 0.2) is 24.3 Å². The predicted molar refractivity (Wildman–Crippen MR) is 81.1 cm³/mol. The molecule has 0 unspecified atom stereocenters. The first-order valence-electron chi connectivity index (χ1n) is 7.69. The van der Waals surface area contributed by atoms with Crippen LogP contribution in [-0.4, -0.2) is 18.6 Å². The lowest BCUT2D eigenvalue weighted by Gasteiger charge is -2.22. The molecule has 0 saturated heterocycles. The summed E-state index contributed by atoms with van der Waals surface area (Å²) in [5, 5.41) is 3.13. The van der Waals surface area contributed by atoms with Crippen LogP contribution in [0.25, 0.3) is 0 Å². The summed E-state index contributed by atoms with van der Waals surface area (Å²) < 4.78 is 5.62. The van der Waals surface area contributed by atoms with E-state index < -0.39 is 0 Å². The Bertz CT molecular complexity index is 419. The van der Waals surface area contributed by atoms with Crippen LogP contribution in [0.5, 0.6) is 5.75 Å². The molecule has 1 aromatic carbocycles. The summed E-state index contributed by atoms with van der Waals surface area (Å²) in [7, 11) is 0. The average Bonchev–Trinajstić information content (AvgIpc) is 2.46. The van der Waals surface area contributed by atoms with E-state index in [0.717, 1.165) is 18.6 Å². The number of hydrogen-bond donors (Lipinski definition) is 1. The molecule has 3 heteroatoms. The van der Waals surface area contributed by atoms with Crippen LogP contribution in [0.3, 0.4) is 0 Å². The fraction of sp³-hybridized carbons (Fsp3) is 0.588. The number of benzene rings is 1. The summed E-state index contributed by atoms with van der Waals surface area (Å²) in [4.78, 5) is 12.1. The first-order chi connectivity index (χ1) is 9.65. The third kappa shape index (κ3) is 4.55. The third-order valence-electron chi connectivity index (χ3n) is 3.64. The summed E-state index contributed by atoms with van der Waals surface area (Å²) in [6, 6.07) is 7.78. The highest BCUT2D eigenvalue weighted by molar-refractivity contribution is 5.94. The quantitative estimate of drug-likeness (QED) is 0.888.